The molecule has 0 saturated carbocycles. The van der Waals surface area contributed by atoms with Crippen molar-refractivity contribution in [2.75, 3.05) is 65.9 Å². The highest BCUT2D eigenvalue weighted by atomic mass is 16.7. The fourth-order valence-corrected chi connectivity index (χ4v) is 6.90. The maximum absolute atomic E-state index is 12.4. The summed E-state index contributed by atoms with van der Waals surface area (Å²) < 4.78 is 35.1. The maximum Gasteiger partial charge on any atom is 0.305 e. The summed E-state index contributed by atoms with van der Waals surface area (Å²) in [6.07, 6.45) is 28.4. The minimum Gasteiger partial charge on any atom is -0.466 e. The van der Waals surface area contributed by atoms with Gasteiger partial charge >= 0.3 is 11.9 Å². The Bertz CT molecular complexity index is 1220. The van der Waals surface area contributed by atoms with Gasteiger partial charge in [-0.3, -0.25) is 9.59 Å². The largest absolute Gasteiger partial charge is 0.466 e. The lowest BCUT2D eigenvalue weighted by Crippen LogP contribution is -2.29. The molecule has 0 aromatic heterocycles. The van der Waals surface area contributed by atoms with Gasteiger partial charge in [-0.2, -0.15) is 0 Å². The maximum atomic E-state index is 12.4. The van der Waals surface area contributed by atoms with Gasteiger partial charge in [0.15, 0.2) is 12.6 Å². The lowest BCUT2D eigenvalue weighted by atomic mass is 10.1. The van der Waals surface area contributed by atoms with Crippen LogP contribution in [-0.4, -0.2) is 100 Å². The molecule has 0 rings (SSSR count). The zero-order valence-corrected chi connectivity index (χ0v) is 44.0. The Morgan fingerprint density at radius 2 is 0.706 bits per heavy atom. The van der Waals surface area contributed by atoms with E-state index in [1.807, 2.05) is 0 Å². The molecule has 0 amide bonds. The number of hydrogen-bond acceptors (Lipinski definition) is 10. The predicted molar refractivity (Wildman–Crippen MR) is 278 cm³/mol. The molecule has 0 unspecified atom stereocenters. The zero-order valence-electron chi connectivity index (χ0n) is 44.0. The fourth-order valence-electron chi connectivity index (χ4n) is 6.90. The topological polar surface area (TPSA) is 113 Å². The van der Waals surface area contributed by atoms with E-state index >= 15 is 0 Å². The number of carbonyl (C=O) groups excluding carboxylic acids is 2. The normalized spacial score (nSPS) is 10.8. The van der Waals surface area contributed by atoms with E-state index < -0.39 is 0 Å². The monoisotopic (exact) mass is 954 g/mol. The van der Waals surface area contributed by atoms with Crippen LogP contribution >= 0.6 is 0 Å². The van der Waals surface area contributed by atoms with Crippen molar-refractivity contribution >= 4 is 11.9 Å². The third kappa shape index (κ3) is 49.4. The molecular weight excluding hydrogens is 855 g/mol. The summed E-state index contributed by atoms with van der Waals surface area (Å²) in [6, 6.07) is 0. The summed E-state index contributed by atoms with van der Waals surface area (Å²) in [5, 5.41) is 9.61. The Morgan fingerprint density at radius 1 is 0.382 bits per heavy atom. The SMILES string of the molecule is CCCCC#CCCOC(CCCCC(=O)OCCCCCCN(CCO)CCCCCCOC(=O)CCCCC(OCCC#CCCCC)OCCC#CCCCC)OCCC#CCCCC. The van der Waals surface area contributed by atoms with Gasteiger partial charge in [0.05, 0.1) is 46.2 Å². The van der Waals surface area contributed by atoms with Gasteiger partial charge in [0.2, 0.25) is 0 Å². The number of aliphatic hydroxyl groups excluding tert-OH is 1. The lowest BCUT2D eigenvalue weighted by Gasteiger charge is -2.21. The summed E-state index contributed by atoms with van der Waals surface area (Å²) in [6.45, 7) is 14.5. The molecule has 10 nitrogen and oxygen atoms in total. The minimum atomic E-state index is -0.306. The van der Waals surface area contributed by atoms with Crippen molar-refractivity contribution < 1.29 is 43.1 Å². The van der Waals surface area contributed by atoms with E-state index in [1.165, 1.54) is 0 Å². The molecule has 0 spiro atoms. The molecule has 0 fully saturated rings. The van der Waals surface area contributed by atoms with E-state index in [-0.39, 0.29) is 31.1 Å². The van der Waals surface area contributed by atoms with Crippen LogP contribution in [0.4, 0.5) is 0 Å². The number of ether oxygens (including phenoxy) is 6. The molecule has 0 aliphatic rings. The van der Waals surface area contributed by atoms with Gasteiger partial charge in [-0.25, -0.2) is 0 Å². The number of unbranched alkanes of at least 4 members (excludes halogenated alkanes) is 16. The van der Waals surface area contributed by atoms with E-state index in [0.717, 1.165) is 180 Å². The van der Waals surface area contributed by atoms with Crippen LogP contribution in [0.25, 0.3) is 0 Å². The second-order valence-corrected chi connectivity index (χ2v) is 17.5. The third-order valence-corrected chi connectivity index (χ3v) is 11.1. The first kappa shape index (κ1) is 64.9. The molecule has 1 N–H and O–H groups in total. The van der Waals surface area contributed by atoms with Gasteiger partial charge in [-0.05, 0) is 103 Å². The molecule has 10 heteroatoms. The highest BCUT2D eigenvalue weighted by molar-refractivity contribution is 5.69. The van der Waals surface area contributed by atoms with Crippen LogP contribution in [0.2, 0.25) is 0 Å². The van der Waals surface area contributed by atoms with Crippen LogP contribution in [0.5, 0.6) is 0 Å². The van der Waals surface area contributed by atoms with Gasteiger partial charge in [0, 0.05) is 70.8 Å². The van der Waals surface area contributed by atoms with Crippen LogP contribution in [0.3, 0.4) is 0 Å². The Labute approximate surface area is 417 Å². The molecule has 0 saturated heterocycles. The quantitative estimate of drug-likeness (QED) is 0.0274. The Kier molecular flexibility index (Phi) is 52.4. The molecule has 0 aromatic rings. The second-order valence-electron chi connectivity index (χ2n) is 17.5. The van der Waals surface area contributed by atoms with E-state index in [0.29, 0.717) is 84.7 Å². The number of hydrogen-bond donors (Lipinski definition) is 1. The van der Waals surface area contributed by atoms with Crippen molar-refractivity contribution in [1.82, 2.24) is 4.90 Å². The van der Waals surface area contributed by atoms with Crippen LogP contribution in [0, 0.1) is 47.4 Å². The van der Waals surface area contributed by atoms with E-state index in [1.54, 1.807) is 0 Å². The molecule has 0 heterocycles. The predicted octanol–water partition coefficient (Wildman–Crippen LogP) is 12.7. The van der Waals surface area contributed by atoms with Gasteiger partial charge in [0.25, 0.3) is 0 Å². The van der Waals surface area contributed by atoms with Crippen LogP contribution in [0.15, 0.2) is 0 Å². The summed E-state index contributed by atoms with van der Waals surface area (Å²) >= 11 is 0. The van der Waals surface area contributed by atoms with Crippen LogP contribution in [0.1, 0.15) is 233 Å². The summed E-state index contributed by atoms with van der Waals surface area (Å²) in [5.74, 6) is 25.3. The first-order valence-corrected chi connectivity index (χ1v) is 27.4. The number of carbonyl (C=O) groups is 2. The molecule has 0 aromatic carbocycles. The number of aliphatic hydroxyl groups is 1. The molecule has 0 bridgehead atoms. The standard InChI is InChI=1S/C58H99NO9/c1-5-9-13-17-23-37-51-65-57(66-52-38-24-18-14-10-6-2)43-31-29-41-55(61)63-49-35-27-21-33-45-59(47-48-60)46-34-22-28-36-50-64-56(62)42-30-32-44-58(67-53-39-25-19-15-11-7-3)68-54-40-26-20-16-12-8-4/h57-58,60H,5-16,21-22,27-54H2,1-4H3. The minimum absolute atomic E-state index is 0.141. The van der Waals surface area contributed by atoms with Crippen LogP contribution < -0.4 is 0 Å². The average molecular weight is 954 g/mol. The first-order chi connectivity index (χ1) is 33.5. The van der Waals surface area contributed by atoms with Crippen LogP contribution in [-0.2, 0) is 38.0 Å². The van der Waals surface area contributed by atoms with E-state index in [2.05, 4.69) is 80.0 Å². The van der Waals surface area contributed by atoms with Gasteiger partial charge < -0.3 is 38.4 Å². The molecule has 390 valence electrons. The van der Waals surface area contributed by atoms with Crippen molar-refractivity contribution in [2.45, 2.75) is 246 Å². The fraction of sp³-hybridized carbons (Fsp3) is 0.828. The summed E-state index contributed by atoms with van der Waals surface area (Å²) in [5.41, 5.74) is 0. The molecule has 0 radical (unpaired) electrons. The van der Waals surface area contributed by atoms with Gasteiger partial charge in [0.1, 0.15) is 0 Å². The zero-order chi connectivity index (χ0) is 49.5. The van der Waals surface area contributed by atoms with E-state index in [4.69, 9.17) is 28.4 Å². The lowest BCUT2D eigenvalue weighted by molar-refractivity contribution is -0.147. The van der Waals surface area contributed by atoms with Crippen molar-refractivity contribution in [3.8, 4) is 47.4 Å². The second kappa shape index (κ2) is 54.9. The Morgan fingerprint density at radius 3 is 1.03 bits per heavy atom. The highest BCUT2D eigenvalue weighted by Crippen LogP contribution is 2.13. The summed E-state index contributed by atoms with van der Waals surface area (Å²) in [7, 11) is 0. The third-order valence-electron chi connectivity index (χ3n) is 11.1. The van der Waals surface area contributed by atoms with Crippen molar-refractivity contribution in [2.24, 2.45) is 0 Å². The van der Waals surface area contributed by atoms with Gasteiger partial charge in [-0.15, -0.1) is 47.4 Å². The smallest absolute Gasteiger partial charge is 0.305 e. The Hall–Kier alpha value is -3.06. The average Bonchev–Trinajstić information content (AvgIpc) is 3.34. The summed E-state index contributed by atoms with van der Waals surface area (Å²) in [4.78, 5) is 27.1. The molecule has 68 heavy (non-hydrogen) atoms. The molecule has 0 atom stereocenters. The Balaban J connectivity index is 4.16. The highest BCUT2D eigenvalue weighted by Gasteiger charge is 2.12. The van der Waals surface area contributed by atoms with Crippen molar-refractivity contribution in [1.29, 1.82) is 0 Å². The molecular formula is C58H99NO9. The molecule has 0 aliphatic carbocycles. The number of esters is 2. The van der Waals surface area contributed by atoms with Crippen molar-refractivity contribution in [3.05, 3.63) is 0 Å². The van der Waals surface area contributed by atoms with Gasteiger partial charge in [-0.1, -0.05) is 79.1 Å². The number of nitrogens with zero attached hydrogens (tertiary/aromatic N) is 1. The molecule has 0 aliphatic heterocycles. The van der Waals surface area contributed by atoms with Crippen molar-refractivity contribution in [3.63, 3.8) is 0 Å². The first-order valence-electron chi connectivity index (χ1n) is 27.4. The van der Waals surface area contributed by atoms with E-state index in [9.17, 15) is 14.7 Å². The number of rotatable bonds is 46.